The molecule has 2 N–H and O–H groups in total. The molecule has 0 atom stereocenters. The molecule has 0 amide bonds. The third-order valence-corrected chi connectivity index (χ3v) is 5.99. The van der Waals surface area contributed by atoms with E-state index >= 15 is 0 Å². The van der Waals surface area contributed by atoms with Gasteiger partial charge in [-0.2, -0.15) is 0 Å². The van der Waals surface area contributed by atoms with Crippen LogP contribution < -0.4 is 5.32 Å². The molecule has 6 heteroatoms. The molecule has 0 aromatic rings. The van der Waals surface area contributed by atoms with E-state index in [1.807, 2.05) is 0 Å². The van der Waals surface area contributed by atoms with Gasteiger partial charge in [-0.3, -0.25) is 4.79 Å². The average molecular weight is 279 g/mol. The van der Waals surface area contributed by atoms with Gasteiger partial charge in [0.15, 0.2) is 9.84 Å². The second kappa shape index (κ2) is 6.02. The predicted octanol–water partition coefficient (Wildman–Crippen LogP) is 1.43. The second-order valence-corrected chi connectivity index (χ2v) is 8.31. The molecule has 0 heterocycles. The van der Waals surface area contributed by atoms with Crippen LogP contribution >= 0.6 is 0 Å². The molecule has 0 bridgehead atoms. The fourth-order valence-electron chi connectivity index (χ4n) is 1.61. The maximum absolute atomic E-state index is 11.9. The predicted molar refractivity (Wildman–Crippen MR) is 72.5 cm³/mol. The van der Waals surface area contributed by atoms with Crippen molar-refractivity contribution in [1.82, 2.24) is 5.32 Å². The summed E-state index contributed by atoms with van der Waals surface area (Å²) >= 11 is 0. The summed E-state index contributed by atoms with van der Waals surface area (Å²) in [7, 11) is -3.22. The Kier molecular flexibility index (Phi) is 5.81. The van der Waals surface area contributed by atoms with Crippen LogP contribution in [0, 0.1) is 0 Å². The summed E-state index contributed by atoms with van der Waals surface area (Å²) in [6.45, 7) is 8.66. The van der Waals surface area contributed by atoms with Crippen LogP contribution in [0.5, 0.6) is 0 Å². The summed E-state index contributed by atoms with van der Waals surface area (Å²) < 4.78 is 23.0. The van der Waals surface area contributed by atoms with Gasteiger partial charge in [0.05, 0.1) is 10.5 Å². The lowest BCUT2D eigenvalue weighted by atomic mass is 9.93. The van der Waals surface area contributed by atoms with Crippen molar-refractivity contribution in [3.05, 3.63) is 0 Å². The second-order valence-electron chi connectivity index (χ2n) is 5.45. The van der Waals surface area contributed by atoms with Crippen molar-refractivity contribution in [3.8, 4) is 0 Å². The van der Waals surface area contributed by atoms with Crippen molar-refractivity contribution >= 4 is 15.8 Å². The van der Waals surface area contributed by atoms with Crippen molar-refractivity contribution < 1.29 is 18.3 Å². The number of hydrogen-bond acceptors (Lipinski definition) is 4. The third-order valence-electron chi connectivity index (χ3n) is 3.38. The molecular formula is C12H25NO4S. The highest BCUT2D eigenvalue weighted by Gasteiger charge is 2.35. The molecule has 0 unspecified atom stereocenters. The number of carboxylic acid groups (broad SMARTS) is 1. The molecule has 5 nitrogen and oxygen atoms in total. The minimum atomic E-state index is -3.22. The summed E-state index contributed by atoms with van der Waals surface area (Å²) in [5, 5.41) is 12.1. The van der Waals surface area contributed by atoms with Crippen LogP contribution in [0.3, 0.4) is 0 Å². The Morgan fingerprint density at radius 2 is 1.61 bits per heavy atom. The van der Waals surface area contributed by atoms with E-state index < -0.39 is 26.1 Å². The van der Waals surface area contributed by atoms with Crippen LogP contribution in [0.25, 0.3) is 0 Å². The van der Waals surface area contributed by atoms with Gasteiger partial charge < -0.3 is 10.4 Å². The molecule has 0 aliphatic rings. The molecule has 0 radical (unpaired) electrons. The number of nitrogens with one attached hydrogen (secondary N) is 1. The average Bonchev–Trinajstić information content (AvgIpc) is 2.22. The standard InChI is InChI=1S/C12H25NO4S/c1-6-12(7-2,10(14)15)13-8-9-18(16,17)11(3,4)5/h13H,6-9H2,1-5H3,(H,14,15). The highest BCUT2D eigenvalue weighted by molar-refractivity contribution is 7.92. The quantitative estimate of drug-likeness (QED) is 0.736. The van der Waals surface area contributed by atoms with Crippen LogP contribution in [0.1, 0.15) is 47.5 Å². The molecule has 0 spiro atoms. The number of aliphatic carboxylic acids is 1. The van der Waals surface area contributed by atoms with E-state index in [2.05, 4.69) is 5.32 Å². The summed E-state index contributed by atoms with van der Waals surface area (Å²) in [6.07, 6.45) is 0.850. The minimum Gasteiger partial charge on any atom is -0.480 e. The Labute approximate surface area is 110 Å². The summed E-state index contributed by atoms with van der Waals surface area (Å²) in [4.78, 5) is 11.2. The first-order valence-corrected chi connectivity index (χ1v) is 7.88. The first-order valence-electron chi connectivity index (χ1n) is 6.23. The van der Waals surface area contributed by atoms with Gasteiger partial charge in [-0.1, -0.05) is 13.8 Å². The van der Waals surface area contributed by atoms with Crippen LogP contribution in [0.15, 0.2) is 0 Å². The van der Waals surface area contributed by atoms with Gasteiger partial charge in [0.2, 0.25) is 0 Å². The first-order chi connectivity index (χ1) is 8.02. The molecule has 0 fully saturated rings. The molecule has 0 aliphatic carbocycles. The van der Waals surface area contributed by atoms with Crippen LogP contribution in [-0.2, 0) is 14.6 Å². The zero-order chi connectivity index (χ0) is 14.6. The lowest BCUT2D eigenvalue weighted by molar-refractivity contribution is -0.145. The number of rotatable bonds is 7. The van der Waals surface area contributed by atoms with Gasteiger partial charge in [-0.05, 0) is 33.6 Å². The lowest BCUT2D eigenvalue weighted by Crippen LogP contribution is -2.53. The first kappa shape index (κ1) is 17.4. The number of sulfone groups is 1. The molecule has 0 saturated carbocycles. The molecular weight excluding hydrogens is 254 g/mol. The number of carbonyl (C=O) groups is 1. The smallest absolute Gasteiger partial charge is 0.323 e. The summed E-state index contributed by atoms with van der Waals surface area (Å²) in [5.74, 6) is -0.980. The highest BCUT2D eigenvalue weighted by Crippen LogP contribution is 2.18. The molecule has 18 heavy (non-hydrogen) atoms. The SMILES string of the molecule is CCC(CC)(NCCS(=O)(=O)C(C)(C)C)C(=O)O. The Morgan fingerprint density at radius 1 is 1.17 bits per heavy atom. The zero-order valence-corrected chi connectivity index (χ0v) is 12.7. The van der Waals surface area contributed by atoms with Crippen LogP contribution in [0.4, 0.5) is 0 Å². The molecule has 108 valence electrons. The monoisotopic (exact) mass is 279 g/mol. The minimum absolute atomic E-state index is 0.0501. The van der Waals surface area contributed by atoms with E-state index in [4.69, 9.17) is 0 Å². The maximum Gasteiger partial charge on any atom is 0.323 e. The normalized spacial score (nSPS) is 13.6. The van der Waals surface area contributed by atoms with E-state index in [-0.39, 0.29) is 12.3 Å². The van der Waals surface area contributed by atoms with Crippen molar-refractivity contribution in [2.24, 2.45) is 0 Å². The Hall–Kier alpha value is -0.620. The number of hydrogen-bond donors (Lipinski definition) is 2. The van der Waals surface area contributed by atoms with Gasteiger partial charge in [0, 0.05) is 6.54 Å². The van der Waals surface area contributed by atoms with Crippen LogP contribution in [-0.4, -0.2) is 42.1 Å². The van der Waals surface area contributed by atoms with Gasteiger partial charge >= 0.3 is 5.97 Å². The van der Waals surface area contributed by atoms with Gasteiger partial charge in [-0.25, -0.2) is 8.42 Å². The maximum atomic E-state index is 11.9. The van der Waals surface area contributed by atoms with E-state index in [0.717, 1.165) is 0 Å². The van der Waals surface area contributed by atoms with E-state index in [9.17, 15) is 18.3 Å². The van der Waals surface area contributed by atoms with Crippen molar-refractivity contribution in [3.63, 3.8) is 0 Å². The lowest BCUT2D eigenvalue weighted by Gasteiger charge is -2.29. The van der Waals surface area contributed by atoms with Crippen LogP contribution in [0.2, 0.25) is 0 Å². The zero-order valence-electron chi connectivity index (χ0n) is 11.9. The van der Waals surface area contributed by atoms with E-state index in [1.165, 1.54) is 0 Å². The van der Waals surface area contributed by atoms with Gasteiger partial charge in [-0.15, -0.1) is 0 Å². The van der Waals surface area contributed by atoms with Crippen molar-refractivity contribution in [2.75, 3.05) is 12.3 Å². The molecule has 0 rings (SSSR count). The van der Waals surface area contributed by atoms with E-state index in [1.54, 1.807) is 34.6 Å². The molecule has 0 aliphatic heterocycles. The third kappa shape index (κ3) is 3.95. The largest absolute Gasteiger partial charge is 0.480 e. The number of carboxylic acids is 1. The van der Waals surface area contributed by atoms with E-state index in [0.29, 0.717) is 12.8 Å². The molecule has 0 aromatic heterocycles. The fourth-order valence-corrected chi connectivity index (χ4v) is 2.59. The van der Waals surface area contributed by atoms with Crippen molar-refractivity contribution in [1.29, 1.82) is 0 Å². The topological polar surface area (TPSA) is 83.5 Å². The highest BCUT2D eigenvalue weighted by atomic mass is 32.2. The Bertz CT molecular complexity index is 377. The molecule has 0 aromatic carbocycles. The summed E-state index contributed by atoms with van der Waals surface area (Å²) in [5.41, 5.74) is -1.02. The fraction of sp³-hybridized carbons (Fsp3) is 0.917. The Balaban J connectivity index is 4.65. The molecule has 0 saturated heterocycles. The summed E-state index contributed by atoms with van der Waals surface area (Å²) in [6, 6.07) is 0. The van der Waals surface area contributed by atoms with Gasteiger partial charge in [0.1, 0.15) is 5.54 Å². The van der Waals surface area contributed by atoms with Crippen molar-refractivity contribution in [2.45, 2.75) is 57.7 Å². The Morgan fingerprint density at radius 3 is 1.89 bits per heavy atom. The van der Waals surface area contributed by atoms with Gasteiger partial charge in [0.25, 0.3) is 0 Å².